The van der Waals surface area contributed by atoms with Crippen LogP contribution < -0.4 is 0 Å². The van der Waals surface area contributed by atoms with Crippen molar-refractivity contribution >= 4 is 16.7 Å². The monoisotopic (exact) mass is 380 g/mol. The minimum absolute atomic E-state index is 0.128. The summed E-state index contributed by atoms with van der Waals surface area (Å²) in [5.41, 5.74) is 2.20. The third-order valence-corrected chi connectivity index (χ3v) is 5.87. The molecule has 1 saturated heterocycles. The van der Waals surface area contributed by atoms with Gasteiger partial charge in [0, 0.05) is 54.6 Å². The molecule has 0 radical (unpaired) electrons. The number of piperidine rings is 1. The van der Waals surface area contributed by atoms with Gasteiger partial charge in [-0.2, -0.15) is 0 Å². The second-order valence-corrected chi connectivity index (χ2v) is 8.00. The second-order valence-electron chi connectivity index (χ2n) is 8.00. The zero-order valence-corrected chi connectivity index (χ0v) is 16.6. The molecule has 2 N–H and O–H groups in total. The number of likely N-dealkylation sites (tertiary alicyclic amines) is 1. The molecule has 1 aliphatic rings. The summed E-state index contributed by atoms with van der Waals surface area (Å²) in [4.78, 5) is 22.5. The fourth-order valence-corrected chi connectivity index (χ4v) is 4.16. The van der Waals surface area contributed by atoms with Gasteiger partial charge in [-0.1, -0.05) is 19.1 Å². The lowest BCUT2D eigenvalue weighted by molar-refractivity contribution is -0.0332. The highest BCUT2D eigenvalue weighted by molar-refractivity contribution is 6.08. The van der Waals surface area contributed by atoms with Gasteiger partial charge in [-0.3, -0.25) is 9.69 Å². The number of aryl methyl sites for hydroxylation is 2. The highest BCUT2D eigenvalue weighted by Gasteiger charge is 2.33. The topological polar surface area (TPSA) is 74.2 Å². The first kappa shape index (κ1) is 18.9. The summed E-state index contributed by atoms with van der Waals surface area (Å²) in [6.45, 7) is 6.52. The van der Waals surface area contributed by atoms with Gasteiger partial charge in [-0.25, -0.2) is 4.98 Å². The van der Waals surface area contributed by atoms with Crippen molar-refractivity contribution in [1.82, 2.24) is 19.4 Å². The van der Waals surface area contributed by atoms with Crippen LogP contribution in [0, 0.1) is 6.92 Å². The van der Waals surface area contributed by atoms with Gasteiger partial charge in [-0.15, -0.1) is 0 Å². The normalized spacial score (nSPS) is 17.2. The summed E-state index contributed by atoms with van der Waals surface area (Å²) in [6.07, 6.45) is 7.72. The number of aromatic amines is 1. The fourth-order valence-electron chi connectivity index (χ4n) is 4.16. The maximum absolute atomic E-state index is 12.8. The molecule has 3 aromatic rings. The zero-order chi connectivity index (χ0) is 19.7. The summed E-state index contributed by atoms with van der Waals surface area (Å²) >= 11 is 0. The number of fused-ring (bicyclic) bond motifs is 1. The van der Waals surface area contributed by atoms with Crippen LogP contribution in [0.2, 0.25) is 0 Å². The van der Waals surface area contributed by atoms with Crippen molar-refractivity contribution in [3.05, 3.63) is 53.7 Å². The van der Waals surface area contributed by atoms with Crippen molar-refractivity contribution in [1.29, 1.82) is 0 Å². The molecule has 0 bridgehead atoms. The Kier molecular flexibility index (Phi) is 5.08. The van der Waals surface area contributed by atoms with E-state index in [1.807, 2.05) is 31.5 Å². The molecule has 0 spiro atoms. The highest BCUT2D eigenvalue weighted by atomic mass is 16.3. The maximum atomic E-state index is 12.8. The Hall–Kier alpha value is -2.44. The largest absolute Gasteiger partial charge is 0.388 e. The van der Waals surface area contributed by atoms with Crippen LogP contribution in [0.1, 0.15) is 41.5 Å². The van der Waals surface area contributed by atoms with Crippen molar-refractivity contribution < 1.29 is 9.90 Å². The first-order valence-corrected chi connectivity index (χ1v) is 10.0. The Morgan fingerprint density at radius 1 is 1.32 bits per heavy atom. The molecule has 148 valence electrons. The number of nitrogens with zero attached hydrogens (tertiary/aromatic N) is 3. The second kappa shape index (κ2) is 7.53. The van der Waals surface area contributed by atoms with E-state index >= 15 is 0 Å². The molecule has 0 aliphatic carbocycles. The van der Waals surface area contributed by atoms with Gasteiger partial charge in [-0.05, 0) is 31.4 Å². The van der Waals surface area contributed by atoms with Gasteiger partial charge in [0.15, 0.2) is 5.78 Å². The van der Waals surface area contributed by atoms with E-state index in [0.717, 1.165) is 41.8 Å². The first-order valence-electron chi connectivity index (χ1n) is 10.0. The van der Waals surface area contributed by atoms with Crippen molar-refractivity contribution in [3.8, 4) is 0 Å². The SMILES string of the molecule is CCc1nccn1CC1(O)CCN(CC(=O)c2c[nH]c3cc(C)ccc23)CC1. The number of aromatic nitrogens is 3. The lowest BCUT2D eigenvalue weighted by atomic mass is 9.91. The van der Waals surface area contributed by atoms with E-state index in [9.17, 15) is 9.90 Å². The molecule has 6 heteroatoms. The molecule has 0 saturated carbocycles. The number of rotatable bonds is 6. The van der Waals surface area contributed by atoms with E-state index in [-0.39, 0.29) is 5.78 Å². The molecule has 0 amide bonds. The van der Waals surface area contributed by atoms with Crippen molar-refractivity contribution in [2.45, 2.75) is 45.3 Å². The van der Waals surface area contributed by atoms with Gasteiger partial charge < -0.3 is 14.7 Å². The lowest BCUT2D eigenvalue weighted by Gasteiger charge is -2.38. The summed E-state index contributed by atoms with van der Waals surface area (Å²) in [7, 11) is 0. The smallest absolute Gasteiger partial charge is 0.178 e. The van der Waals surface area contributed by atoms with Gasteiger partial charge in [0.1, 0.15) is 5.82 Å². The third kappa shape index (κ3) is 3.75. The van der Waals surface area contributed by atoms with Crippen LogP contribution in [0.4, 0.5) is 0 Å². The number of aliphatic hydroxyl groups is 1. The fraction of sp³-hybridized carbons (Fsp3) is 0.455. The number of hydrogen-bond donors (Lipinski definition) is 2. The summed E-state index contributed by atoms with van der Waals surface area (Å²) in [5.74, 6) is 1.13. The molecule has 1 aromatic carbocycles. The molecular formula is C22H28N4O2. The lowest BCUT2D eigenvalue weighted by Crippen LogP contribution is -2.48. The van der Waals surface area contributed by atoms with Gasteiger partial charge in [0.2, 0.25) is 0 Å². The van der Waals surface area contributed by atoms with Crippen LogP contribution in [0.15, 0.2) is 36.8 Å². The van der Waals surface area contributed by atoms with Crippen molar-refractivity contribution in [2.24, 2.45) is 0 Å². The zero-order valence-electron chi connectivity index (χ0n) is 16.6. The number of benzene rings is 1. The third-order valence-electron chi connectivity index (χ3n) is 5.87. The number of carbonyl (C=O) groups excluding carboxylic acids is 1. The van der Waals surface area contributed by atoms with Crippen LogP contribution in [0.25, 0.3) is 10.9 Å². The van der Waals surface area contributed by atoms with E-state index < -0.39 is 5.60 Å². The maximum Gasteiger partial charge on any atom is 0.178 e. The van der Waals surface area contributed by atoms with Crippen LogP contribution in [0.3, 0.4) is 0 Å². The Morgan fingerprint density at radius 2 is 2.11 bits per heavy atom. The van der Waals surface area contributed by atoms with E-state index in [1.165, 1.54) is 5.56 Å². The van der Waals surface area contributed by atoms with Crippen LogP contribution >= 0.6 is 0 Å². The van der Waals surface area contributed by atoms with Crippen LogP contribution in [-0.2, 0) is 13.0 Å². The Balaban J connectivity index is 1.38. The predicted molar refractivity (Wildman–Crippen MR) is 110 cm³/mol. The molecule has 1 fully saturated rings. The standard InChI is InChI=1S/C22H28N4O2/c1-3-21-23-8-11-26(21)15-22(28)6-9-25(10-7-22)14-20(27)18-13-24-19-12-16(2)4-5-17(18)19/h4-5,8,11-13,24,28H,3,6-7,9-10,14-15H2,1-2H3. The number of imidazole rings is 1. The summed E-state index contributed by atoms with van der Waals surface area (Å²) in [5, 5.41) is 12.0. The molecule has 0 atom stereocenters. The Morgan fingerprint density at radius 3 is 2.86 bits per heavy atom. The molecule has 1 aliphatic heterocycles. The number of H-pyrrole nitrogens is 1. The number of nitrogens with one attached hydrogen (secondary N) is 1. The van der Waals surface area contributed by atoms with Crippen LogP contribution in [-0.4, -0.2) is 55.6 Å². The van der Waals surface area contributed by atoms with E-state index in [0.29, 0.717) is 25.9 Å². The van der Waals surface area contributed by atoms with E-state index in [4.69, 9.17) is 0 Å². The molecule has 0 unspecified atom stereocenters. The molecule has 28 heavy (non-hydrogen) atoms. The minimum atomic E-state index is -0.734. The highest BCUT2D eigenvalue weighted by Crippen LogP contribution is 2.26. The first-order chi connectivity index (χ1) is 13.5. The Labute approximate surface area is 165 Å². The summed E-state index contributed by atoms with van der Waals surface area (Å²) < 4.78 is 2.05. The molecule has 6 nitrogen and oxygen atoms in total. The van der Waals surface area contributed by atoms with Crippen molar-refractivity contribution in [3.63, 3.8) is 0 Å². The van der Waals surface area contributed by atoms with Gasteiger partial charge in [0.25, 0.3) is 0 Å². The number of Topliss-reactive ketones (excluding diaryl/α,β-unsaturated/α-hetero) is 1. The number of ketones is 1. The van der Waals surface area contributed by atoms with E-state index in [1.54, 1.807) is 6.20 Å². The Bertz CT molecular complexity index is 980. The van der Waals surface area contributed by atoms with Gasteiger partial charge in [0.05, 0.1) is 18.7 Å². The van der Waals surface area contributed by atoms with Crippen LogP contribution in [0.5, 0.6) is 0 Å². The number of carbonyl (C=O) groups is 1. The average Bonchev–Trinajstić information content (AvgIpc) is 3.29. The molecular weight excluding hydrogens is 352 g/mol. The molecule has 3 heterocycles. The quantitative estimate of drug-likeness (QED) is 0.645. The minimum Gasteiger partial charge on any atom is -0.388 e. The summed E-state index contributed by atoms with van der Waals surface area (Å²) in [6, 6.07) is 6.11. The predicted octanol–water partition coefficient (Wildman–Crippen LogP) is 2.95. The van der Waals surface area contributed by atoms with E-state index in [2.05, 4.69) is 32.4 Å². The molecule has 4 rings (SSSR count). The van der Waals surface area contributed by atoms with Crippen molar-refractivity contribution in [2.75, 3.05) is 19.6 Å². The van der Waals surface area contributed by atoms with Gasteiger partial charge >= 0.3 is 0 Å². The average molecular weight is 380 g/mol. The molecule has 2 aromatic heterocycles. The number of hydrogen-bond acceptors (Lipinski definition) is 4.